The number of carbonyl (C=O) groups is 1. The van der Waals surface area contributed by atoms with Crippen LogP contribution in [-0.2, 0) is 10.0 Å². The molecule has 1 aromatic heterocycles. The van der Waals surface area contributed by atoms with Crippen LogP contribution in [0.2, 0.25) is 0 Å². The first kappa shape index (κ1) is 26.7. The van der Waals surface area contributed by atoms with Gasteiger partial charge in [-0.15, -0.1) is 0 Å². The highest BCUT2D eigenvalue weighted by Gasteiger charge is 2.35. The summed E-state index contributed by atoms with van der Waals surface area (Å²) in [6.07, 6.45) is 2.64. The van der Waals surface area contributed by atoms with Crippen molar-refractivity contribution in [1.82, 2.24) is 14.2 Å². The summed E-state index contributed by atoms with van der Waals surface area (Å²) in [6, 6.07) is 9.44. The van der Waals surface area contributed by atoms with Crippen molar-refractivity contribution in [2.75, 3.05) is 26.7 Å². The second kappa shape index (κ2) is 11.7. The van der Waals surface area contributed by atoms with E-state index in [1.807, 2.05) is 13.8 Å². The van der Waals surface area contributed by atoms with Gasteiger partial charge >= 0.3 is 0 Å². The van der Waals surface area contributed by atoms with Crippen LogP contribution in [0.25, 0.3) is 0 Å². The fourth-order valence-electron chi connectivity index (χ4n) is 3.80. The number of aliphatic hydroxyl groups excluding tert-OH is 1. The molecule has 35 heavy (non-hydrogen) atoms. The van der Waals surface area contributed by atoms with Crippen LogP contribution in [0.15, 0.2) is 47.5 Å². The van der Waals surface area contributed by atoms with Gasteiger partial charge in [-0.3, -0.25) is 4.79 Å². The number of sulfonamides is 1. The van der Waals surface area contributed by atoms with Gasteiger partial charge in [0, 0.05) is 37.7 Å². The molecule has 1 N–H and O–H groups in total. The summed E-state index contributed by atoms with van der Waals surface area (Å²) in [5.41, 5.74) is 0.846. The summed E-state index contributed by atoms with van der Waals surface area (Å²) in [5.74, 6) is 5.67. The zero-order chi connectivity index (χ0) is 25.6. The third kappa shape index (κ3) is 6.20. The van der Waals surface area contributed by atoms with Crippen molar-refractivity contribution < 1.29 is 23.1 Å². The van der Waals surface area contributed by atoms with Crippen molar-refractivity contribution in [3.8, 4) is 17.7 Å². The maximum Gasteiger partial charge on any atom is 0.259 e. The number of pyridine rings is 1. The molecule has 2 aromatic rings. The van der Waals surface area contributed by atoms with Crippen molar-refractivity contribution >= 4 is 15.9 Å². The quantitative estimate of drug-likeness (QED) is 0.588. The number of aromatic nitrogens is 1. The fourth-order valence-corrected chi connectivity index (χ4v) is 5.01. The van der Waals surface area contributed by atoms with Crippen LogP contribution in [0.4, 0.5) is 0 Å². The van der Waals surface area contributed by atoms with E-state index in [-0.39, 0.29) is 47.9 Å². The number of unbranched alkanes of at least 4 members (excludes halogenated alkanes) is 1. The number of amides is 1. The number of fused-ring (bicyclic) bond motifs is 1. The number of hydrogen-bond donors (Lipinski definition) is 1. The van der Waals surface area contributed by atoms with Gasteiger partial charge in [0.15, 0.2) is 0 Å². The molecule has 0 spiro atoms. The van der Waals surface area contributed by atoms with E-state index in [1.54, 1.807) is 54.4 Å². The van der Waals surface area contributed by atoms with E-state index in [4.69, 9.17) is 4.74 Å². The van der Waals surface area contributed by atoms with Crippen molar-refractivity contribution in [1.29, 1.82) is 0 Å². The summed E-state index contributed by atoms with van der Waals surface area (Å²) in [7, 11) is -2.22. The van der Waals surface area contributed by atoms with Crippen LogP contribution in [-0.4, -0.2) is 72.5 Å². The zero-order valence-electron chi connectivity index (χ0n) is 20.6. The van der Waals surface area contributed by atoms with Gasteiger partial charge < -0.3 is 14.7 Å². The Morgan fingerprint density at radius 3 is 2.69 bits per heavy atom. The smallest absolute Gasteiger partial charge is 0.259 e. The van der Waals surface area contributed by atoms with Gasteiger partial charge in [0.05, 0.1) is 24.1 Å². The average molecular weight is 500 g/mol. The summed E-state index contributed by atoms with van der Waals surface area (Å²) in [5, 5.41) is 9.79. The average Bonchev–Trinajstić information content (AvgIpc) is 2.86. The number of aliphatic hydroxyl groups is 1. The Hall–Kier alpha value is -2.93. The van der Waals surface area contributed by atoms with Gasteiger partial charge in [0.2, 0.25) is 15.9 Å². The Kier molecular flexibility index (Phi) is 8.89. The molecule has 0 saturated carbocycles. The van der Waals surface area contributed by atoms with Gasteiger partial charge in [-0.25, -0.2) is 13.4 Å². The van der Waals surface area contributed by atoms with Crippen molar-refractivity contribution in [3.05, 3.63) is 53.7 Å². The normalized spacial score (nSPS) is 19.1. The monoisotopic (exact) mass is 499 g/mol. The maximum absolute atomic E-state index is 13.4. The molecular formula is C26H33N3O5S. The topological polar surface area (TPSA) is 100 Å². The van der Waals surface area contributed by atoms with Crippen molar-refractivity contribution in [3.63, 3.8) is 0 Å². The molecule has 9 heteroatoms. The first-order valence-electron chi connectivity index (χ1n) is 11.8. The molecule has 188 valence electrons. The first-order valence-corrected chi connectivity index (χ1v) is 13.2. The van der Waals surface area contributed by atoms with E-state index in [9.17, 15) is 18.3 Å². The first-order chi connectivity index (χ1) is 16.7. The van der Waals surface area contributed by atoms with Crippen molar-refractivity contribution in [2.45, 2.75) is 50.7 Å². The molecule has 8 nitrogen and oxygen atoms in total. The Morgan fingerprint density at radius 2 is 2.03 bits per heavy atom. The fraction of sp³-hybridized carbons (Fsp3) is 0.462. The van der Waals surface area contributed by atoms with Crippen LogP contribution in [0.1, 0.15) is 49.5 Å². The Balaban J connectivity index is 1.97. The molecule has 1 aliphatic rings. The second-order valence-corrected chi connectivity index (χ2v) is 10.9. The zero-order valence-corrected chi connectivity index (χ0v) is 21.5. The number of carbonyl (C=O) groups excluding carboxylic acids is 1. The predicted octanol–water partition coefficient (Wildman–Crippen LogP) is 2.77. The lowest BCUT2D eigenvalue weighted by atomic mass is 10.0. The highest BCUT2D eigenvalue weighted by atomic mass is 32.2. The Morgan fingerprint density at radius 1 is 1.31 bits per heavy atom. The Labute approximate surface area is 208 Å². The molecule has 3 atom stereocenters. The Bertz CT molecular complexity index is 1190. The molecule has 0 saturated heterocycles. The van der Waals surface area contributed by atoms with E-state index in [2.05, 4.69) is 16.8 Å². The van der Waals surface area contributed by atoms with Crippen LogP contribution >= 0.6 is 0 Å². The molecule has 0 bridgehead atoms. The third-order valence-electron chi connectivity index (χ3n) is 6.02. The van der Waals surface area contributed by atoms with E-state index in [1.165, 1.54) is 11.4 Å². The molecular weight excluding hydrogens is 466 g/mol. The lowest BCUT2D eigenvalue weighted by Gasteiger charge is -2.37. The lowest BCUT2D eigenvalue weighted by molar-refractivity contribution is 0.0373. The summed E-state index contributed by atoms with van der Waals surface area (Å²) < 4.78 is 33.6. The van der Waals surface area contributed by atoms with Gasteiger partial charge in [0.25, 0.3) is 5.91 Å². The summed E-state index contributed by atoms with van der Waals surface area (Å²) >= 11 is 0. The van der Waals surface area contributed by atoms with Crippen LogP contribution in [0.3, 0.4) is 0 Å². The minimum absolute atomic E-state index is 0.0626. The minimum atomic E-state index is -3.73. The molecule has 2 heterocycles. The molecule has 0 unspecified atom stereocenters. The molecule has 0 radical (unpaired) electrons. The van der Waals surface area contributed by atoms with Crippen LogP contribution in [0, 0.1) is 17.8 Å². The number of likely N-dealkylation sites (N-methyl/N-ethyl adjacent to an activating group) is 1. The lowest BCUT2D eigenvalue weighted by Crippen LogP contribution is -2.50. The number of benzene rings is 1. The molecule has 1 amide bonds. The molecule has 1 aromatic carbocycles. The van der Waals surface area contributed by atoms with Crippen molar-refractivity contribution in [2.24, 2.45) is 5.92 Å². The molecule has 0 aliphatic carbocycles. The highest BCUT2D eigenvalue weighted by Crippen LogP contribution is 2.28. The van der Waals surface area contributed by atoms with Gasteiger partial charge in [-0.1, -0.05) is 43.9 Å². The molecule has 1 aliphatic heterocycles. The van der Waals surface area contributed by atoms with Crippen LogP contribution < -0.4 is 4.74 Å². The van der Waals surface area contributed by atoms with Gasteiger partial charge in [-0.05, 0) is 31.5 Å². The van der Waals surface area contributed by atoms with E-state index < -0.39 is 22.2 Å². The predicted molar refractivity (Wildman–Crippen MR) is 133 cm³/mol. The number of nitrogens with zero attached hydrogens (tertiary/aromatic N) is 3. The minimum Gasteiger partial charge on any atom is -0.472 e. The second-order valence-electron chi connectivity index (χ2n) is 8.85. The van der Waals surface area contributed by atoms with E-state index in [0.29, 0.717) is 5.56 Å². The third-order valence-corrected chi connectivity index (χ3v) is 7.85. The standard InChI is InChI=1S/C26H33N3O5S/c1-5-6-8-11-21-14-23-25(27-15-21)34-24(19(2)16-29(26(23)31)20(3)18-30)17-28(4)35(32,33)22-12-9-7-10-13-22/h7,9-10,12-15,19-20,24,30H,5-6,16-18H2,1-4H3/t19-,20-,24+/m1/s1. The number of hydrogen-bond acceptors (Lipinski definition) is 6. The number of rotatable bonds is 7. The highest BCUT2D eigenvalue weighted by molar-refractivity contribution is 7.89. The SMILES string of the molecule is CCCC#Cc1cnc2c(c1)C(=O)N([C@H](C)CO)C[C@@H](C)[C@H](CN(C)S(=O)(=O)c1ccccc1)O2. The largest absolute Gasteiger partial charge is 0.472 e. The van der Waals surface area contributed by atoms with Gasteiger partial charge in [-0.2, -0.15) is 4.31 Å². The molecule has 0 fully saturated rings. The maximum atomic E-state index is 13.4. The number of ether oxygens (including phenoxy) is 1. The van der Waals surface area contributed by atoms with Crippen LogP contribution in [0.5, 0.6) is 5.88 Å². The molecule has 3 rings (SSSR count). The summed E-state index contributed by atoms with van der Waals surface area (Å²) in [4.78, 5) is 19.6. The summed E-state index contributed by atoms with van der Waals surface area (Å²) in [6.45, 7) is 5.85. The van der Waals surface area contributed by atoms with E-state index in [0.717, 1.165) is 12.8 Å². The van der Waals surface area contributed by atoms with Gasteiger partial charge in [0.1, 0.15) is 11.7 Å². The van der Waals surface area contributed by atoms with E-state index >= 15 is 0 Å².